The van der Waals surface area contributed by atoms with E-state index in [1.807, 2.05) is 0 Å². The smallest absolute Gasteiger partial charge is 0.341 e. The summed E-state index contributed by atoms with van der Waals surface area (Å²) in [5.41, 5.74) is 1.57. The fourth-order valence-electron chi connectivity index (χ4n) is 2.14. The molecule has 0 aliphatic heterocycles. The highest BCUT2D eigenvalue weighted by molar-refractivity contribution is 7.17. The van der Waals surface area contributed by atoms with Crippen molar-refractivity contribution in [2.45, 2.75) is 25.7 Å². The normalized spacial score (nSPS) is 13.7. The number of amides is 2. The molecule has 0 aromatic carbocycles. The van der Waals surface area contributed by atoms with Crippen molar-refractivity contribution in [2.75, 3.05) is 19.5 Å². The van der Waals surface area contributed by atoms with E-state index in [1.54, 1.807) is 7.05 Å². The van der Waals surface area contributed by atoms with Gasteiger partial charge in [-0.25, -0.2) is 9.59 Å². The molecule has 1 heterocycles. The van der Waals surface area contributed by atoms with E-state index < -0.39 is 0 Å². The van der Waals surface area contributed by atoms with Crippen LogP contribution in [0.5, 0.6) is 0 Å². The molecule has 1 aromatic rings. The van der Waals surface area contributed by atoms with Crippen LogP contribution in [0.15, 0.2) is 0 Å². The second-order valence-corrected chi connectivity index (χ2v) is 5.22. The number of aryl methyl sites for hydroxylation is 1. The largest absolute Gasteiger partial charge is 0.465 e. The molecule has 0 bridgehead atoms. The van der Waals surface area contributed by atoms with E-state index in [2.05, 4.69) is 10.6 Å². The van der Waals surface area contributed by atoms with E-state index in [9.17, 15) is 9.59 Å². The summed E-state index contributed by atoms with van der Waals surface area (Å²) in [7, 11) is 2.90. The van der Waals surface area contributed by atoms with Gasteiger partial charge in [0.2, 0.25) is 0 Å². The zero-order valence-electron chi connectivity index (χ0n) is 10.5. The first-order valence-electron chi connectivity index (χ1n) is 5.89. The topological polar surface area (TPSA) is 67.4 Å². The minimum absolute atomic E-state index is 0.321. The first-order valence-corrected chi connectivity index (χ1v) is 6.70. The summed E-state index contributed by atoms with van der Waals surface area (Å²) >= 11 is 1.48. The van der Waals surface area contributed by atoms with E-state index in [-0.39, 0.29) is 12.0 Å². The van der Waals surface area contributed by atoms with Crippen LogP contribution in [-0.2, 0) is 17.6 Å². The molecule has 5 nitrogen and oxygen atoms in total. The van der Waals surface area contributed by atoms with Crippen LogP contribution in [0.2, 0.25) is 0 Å². The summed E-state index contributed by atoms with van der Waals surface area (Å²) in [5.74, 6) is -0.374. The fourth-order valence-corrected chi connectivity index (χ4v) is 3.41. The molecular formula is C12H16N2O3S. The molecule has 0 saturated carbocycles. The number of hydrogen-bond donors (Lipinski definition) is 2. The van der Waals surface area contributed by atoms with Gasteiger partial charge in [-0.3, -0.25) is 5.32 Å². The molecular weight excluding hydrogens is 252 g/mol. The van der Waals surface area contributed by atoms with Gasteiger partial charge in [-0.2, -0.15) is 0 Å². The fraction of sp³-hybridized carbons (Fsp3) is 0.500. The van der Waals surface area contributed by atoms with Crippen molar-refractivity contribution in [1.29, 1.82) is 0 Å². The summed E-state index contributed by atoms with van der Waals surface area (Å²) in [6, 6.07) is -0.321. The minimum Gasteiger partial charge on any atom is -0.465 e. The average molecular weight is 268 g/mol. The quantitative estimate of drug-likeness (QED) is 0.808. The number of nitrogens with one attached hydrogen (secondary N) is 2. The third kappa shape index (κ3) is 2.33. The van der Waals surface area contributed by atoms with Crippen molar-refractivity contribution < 1.29 is 14.3 Å². The number of carbonyl (C=O) groups is 2. The maximum absolute atomic E-state index is 11.8. The van der Waals surface area contributed by atoms with Crippen LogP contribution in [0, 0.1) is 0 Å². The van der Waals surface area contributed by atoms with Gasteiger partial charge in [0.1, 0.15) is 5.00 Å². The first kappa shape index (κ1) is 12.9. The van der Waals surface area contributed by atoms with Crippen LogP contribution in [-0.4, -0.2) is 26.2 Å². The number of esters is 1. The number of methoxy groups -OCH3 is 1. The van der Waals surface area contributed by atoms with E-state index >= 15 is 0 Å². The van der Waals surface area contributed by atoms with Gasteiger partial charge in [0.25, 0.3) is 0 Å². The van der Waals surface area contributed by atoms with Crippen molar-refractivity contribution in [3.05, 3.63) is 16.0 Å². The molecule has 0 radical (unpaired) electrons. The number of anilines is 1. The Bertz CT molecular complexity index is 482. The molecule has 0 atom stereocenters. The SMILES string of the molecule is CNC(=O)Nc1sc2c(c1C(=O)OC)CCCC2. The minimum atomic E-state index is -0.374. The van der Waals surface area contributed by atoms with Gasteiger partial charge in [-0.1, -0.05) is 0 Å². The van der Waals surface area contributed by atoms with Crippen molar-refractivity contribution in [1.82, 2.24) is 5.32 Å². The molecule has 2 N–H and O–H groups in total. The summed E-state index contributed by atoms with van der Waals surface area (Å²) in [4.78, 5) is 24.4. The Balaban J connectivity index is 2.41. The van der Waals surface area contributed by atoms with Crippen LogP contribution in [0.3, 0.4) is 0 Å². The molecule has 2 rings (SSSR count). The molecule has 98 valence electrons. The number of urea groups is 1. The highest BCUT2D eigenvalue weighted by Crippen LogP contribution is 2.38. The van der Waals surface area contributed by atoms with Gasteiger partial charge >= 0.3 is 12.0 Å². The summed E-state index contributed by atoms with van der Waals surface area (Å²) < 4.78 is 4.81. The predicted molar refractivity (Wildman–Crippen MR) is 70.4 cm³/mol. The second kappa shape index (κ2) is 5.39. The van der Waals surface area contributed by atoms with Gasteiger partial charge < -0.3 is 10.1 Å². The van der Waals surface area contributed by atoms with Crippen molar-refractivity contribution in [3.8, 4) is 0 Å². The Morgan fingerprint density at radius 2 is 2.00 bits per heavy atom. The van der Waals surface area contributed by atoms with Gasteiger partial charge in [-0.15, -0.1) is 11.3 Å². The Labute approximate surface area is 110 Å². The van der Waals surface area contributed by atoms with E-state index in [4.69, 9.17) is 4.74 Å². The number of fused-ring (bicyclic) bond motifs is 1. The Morgan fingerprint density at radius 3 is 2.67 bits per heavy atom. The molecule has 0 unspecified atom stereocenters. The van der Waals surface area contributed by atoms with E-state index in [1.165, 1.54) is 23.3 Å². The highest BCUT2D eigenvalue weighted by atomic mass is 32.1. The van der Waals surface area contributed by atoms with Gasteiger partial charge in [0, 0.05) is 11.9 Å². The van der Waals surface area contributed by atoms with Crippen LogP contribution < -0.4 is 10.6 Å². The maximum atomic E-state index is 11.8. The highest BCUT2D eigenvalue weighted by Gasteiger charge is 2.26. The average Bonchev–Trinajstić information content (AvgIpc) is 2.75. The third-order valence-electron chi connectivity index (χ3n) is 3.01. The summed E-state index contributed by atoms with van der Waals surface area (Å²) in [6.07, 6.45) is 4.06. The lowest BCUT2D eigenvalue weighted by Gasteiger charge is -2.11. The third-order valence-corrected chi connectivity index (χ3v) is 4.22. The Kier molecular flexibility index (Phi) is 3.86. The van der Waals surface area contributed by atoms with Crippen molar-refractivity contribution >= 4 is 28.3 Å². The molecule has 18 heavy (non-hydrogen) atoms. The van der Waals surface area contributed by atoms with Crippen molar-refractivity contribution in [3.63, 3.8) is 0 Å². The van der Waals surface area contributed by atoms with Gasteiger partial charge in [-0.05, 0) is 31.2 Å². The van der Waals surface area contributed by atoms with Gasteiger partial charge in [0.05, 0.1) is 12.7 Å². The van der Waals surface area contributed by atoms with Gasteiger partial charge in [0.15, 0.2) is 0 Å². The van der Waals surface area contributed by atoms with Crippen LogP contribution in [0.25, 0.3) is 0 Å². The Hall–Kier alpha value is -1.56. The van der Waals surface area contributed by atoms with Crippen LogP contribution >= 0.6 is 11.3 Å². The molecule has 6 heteroatoms. The van der Waals surface area contributed by atoms with Crippen LogP contribution in [0.1, 0.15) is 33.6 Å². The predicted octanol–water partition coefficient (Wildman–Crippen LogP) is 2.16. The van der Waals surface area contributed by atoms with E-state index in [0.29, 0.717) is 10.6 Å². The molecule has 0 saturated heterocycles. The molecule has 1 aliphatic rings. The maximum Gasteiger partial charge on any atom is 0.341 e. The zero-order valence-corrected chi connectivity index (χ0v) is 11.3. The lowest BCUT2D eigenvalue weighted by Crippen LogP contribution is -2.25. The number of hydrogen-bond acceptors (Lipinski definition) is 4. The molecule has 1 aliphatic carbocycles. The summed E-state index contributed by atoms with van der Waals surface area (Å²) in [5, 5.41) is 5.77. The second-order valence-electron chi connectivity index (χ2n) is 4.11. The Morgan fingerprint density at radius 1 is 1.28 bits per heavy atom. The molecule has 2 amide bonds. The number of rotatable bonds is 2. The van der Waals surface area contributed by atoms with Crippen LogP contribution in [0.4, 0.5) is 9.80 Å². The number of ether oxygens (including phenoxy) is 1. The lowest BCUT2D eigenvalue weighted by atomic mass is 9.95. The standard InChI is InChI=1S/C12H16N2O3S/c1-13-12(16)14-10-9(11(15)17-2)7-5-3-4-6-8(7)18-10/h3-6H2,1-2H3,(H2,13,14,16). The monoisotopic (exact) mass is 268 g/mol. The number of thiophene rings is 1. The van der Waals surface area contributed by atoms with Crippen molar-refractivity contribution in [2.24, 2.45) is 0 Å². The zero-order chi connectivity index (χ0) is 13.1. The first-order chi connectivity index (χ1) is 8.67. The lowest BCUT2D eigenvalue weighted by molar-refractivity contribution is 0.0601. The number of carbonyl (C=O) groups excluding carboxylic acids is 2. The molecule has 1 aromatic heterocycles. The van der Waals surface area contributed by atoms with E-state index in [0.717, 1.165) is 31.2 Å². The molecule has 0 spiro atoms. The summed E-state index contributed by atoms with van der Waals surface area (Å²) in [6.45, 7) is 0. The molecule has 0 fully saturated rings.